The van der Waals surface area contributed by atoms with Crippen molar-refractivity contribution in [3.05, 3.63) is 95.8 Å². The van der Waals surface area contributed by atoms with Crippen LogP contribution in [0.15, 0.2) is 88.3 Å². The molecule has 2 N–H and O–H groups in total. The predicted molar refractivity (Wildman–Crippen MR) is 117 cm³/mol. The molecular weight excluding hydrogens is 362 g/mol. The lowest BCUT2D eigenvalue weighted by molar-refractivity contribution is 0.297. The summed E-state index contributed by atoms with van der Waals surface area (Å²) >= 11 is 0. The van der Waals surface area contributed by atoms with Gasteiger partial charge in [-0.1, -0.05) is 30.4 Å². The summed E-state index contributed by atoms with van der Waals surface area (Å²) in [7, 11) is 0. The Labute approximate surface area is 169 Å². The molecule has 0 saturated heterocycles. The molecule has 4 heteroatoms. The van der Waals surface area contributed by atoms with Crippen molar-refractivity contribution >= 4 is 22.3 Å². The molecule has 2 aromatic carbocycles. The highest BCUT2D eigenvalue weighted by Crippen LogP contribution is 2.30. The highest BCUT2D eigenvalue weighted by Gasteiger charge is 2.23. The van der Waals surface area contributed by atoms with Crippen LogP contribution in [-0.4, -0.2) is 22.0 Å². The maximum atomic E-state index is 11.0. The molecule has 1 heterocycles. The van der Waals surface area contributed by atoms with Crippen molar-refractivity contribution in [1.29, 1.82) is 0 Å². The first-order valence-corrected chi connectivity index (χ1v) is 9.57. The van der Waals surface area contributed by atoms with E-state index in [0.29, 0.717) is 18.7 Å². The number of phenolic OH excluding ortho intramolecular Hbond substituents is 1. The summed E-state index contributed by atoms with van der Waals surface area (Å²) in [5.41, 5.74) is 5.23. The van der Waals surface area contributed by atoms with E-state index in [-0.39, 0.29) is 5.75 Å². The van der Waals surface area contributed by atoms with Crippen LogP contribution in [0.1, 0.15) is 23.3 Å². The van der Waals surface area contributed by atoms with Crippen LogP contribution in [0.2, 0.25) is 0 Å². The molecule has 0 bridgehead atoms. The molecule has 0 saturated carbocycles. The lowest BCUT2D eigenvalue weighted by atomic mass is 9.88. The van der Waals surface area contributed by atoms with Gasteiger partial charge in [-0.15, -0.1) is 6.58 Å². The highest BCUT2D eigenvalue weighted by atomic mass is 16.3. The molecule has 1 unspecified atom stereocenters. The van der Waals surface area contributed by atoms with Crippen LogP contribution in [0.3, 0.4) is 0 Å². The Bertz CT molecular complexity index is 1150. The largest absolute Gasteiger partial charge is 0.508 e. The van der Waals surface area contributed by atoms with Crippen molar-refractivity contribution in [2.24, 2.45) is 4.99 Å². The molecule has 0 spiro atoms. The first-order chi connectivity index (χ1) is 14.0. The third-order valence-electron chi connectivity index (χ3n) is 4.98. The normalized spacial score (nSPS) is 18.0. The van der Waals surface area contributed by atoms with Crippen molar-refractivity contribution < 1.29 is 14.6 Å². The Morgan fingerprint density at radius 2 is 1.90 bits per heavy atom. The molecule has 1 aromatic heterocycles. The number of fused-ring (bicyclic) bond motifs is 1. The monoisotopic (exact) mass is 385 g/mol. The molecule has 1 aliphatic carbocycles. The summed E-state index contributed by atoms with van der Waals surface area (Å²) in [4.78, 5) is 4.65. The van der Waals surface area contributed by atoms with Gasteiger partial charge in [0.25, 0.3) is 0 Å². The number of aromatic hydroxyl groups is 1. The van der Waals surface area contributed by atoms with Crippen molar-refractivity contribution in [1.82, 2.24) is 0 Å². The van der Waals surface area contributed by atoms with E-state index < -0.39 is 6.10 Å². The van der Waals surface area contributed by atoms with Gasteiger partial charge < -0.3 is 14.6 Å². The number of hydrogen-bond donors (Lipinski definition) is 2. The molecule has 1 atom stereocenters. The molecule has 1 aliphatic rings. The van der Waals surface area contributed by atoms with Crippen molar-refractivity contribution in [2.45, 2.75) is 26.0 Å². The fraction of sp³-hybridized carbons (Fsp3) is 0.160. The molecule has 0 aliphatic heterocycles. The zero-order valence-electron chi connectivity index (χ0n) is 16.3. The lowest BCUT2D eigenvalue weighted by Gasteiger charge is -2.22. The number of furan rings is 1. The van der Waals surface area contributed by atoms with Gasteiger partial charge in [0, 0.05) is 5.39 Å². The summed E-state index contributed by atoms with van der Waals surface area (Å²) in [5.74, 6) is 1.08. The van der Waals surface area contributed by atoms with Gasteiger partial charge in [0.15, 0.2) is 0 Å². The number of aliphatic hydroxyl groups excluding tert-OH is 1. The van der Waals surface area contributed by atoms with Gasteiger partial charge in [0.1, 0.15) is 23.2 Å². The van der Waals surface area contributed by atoms with Crippen LogP contribution >= 0.6 is 0 Å². The van der Waals surface area contributed by atoms with E-state index in [9.17, 15) is 10.2 Å². The van der Waals surface area contributed by atoms with E-state index in [1.54, 1.807) is 12.1 Å². The first kappa shape index (κ1) is 19.0. The van der Waals surface area contributed by atoms with Crippen LogP contribution in [0.4, 0.5) is 0 Å². The predicted octanol–water partition coefficient (Wildman–Crippen LogP) is 5.35. The van der Waals surface area contributed by atoms with E-state index in [0.717, 1.165) is 39.0 Å². The molecule has 0 amide bonds. The average Bonchev–Trinajstić information content (AvgIpc) is 3.08. The molecule has 146 valence electrons. The zero-order chi connectivity index (χ0) is 20.4. The van der Waals surface area contributed by atoms with Crippen LogP contribution in [0.25, 0.3) is 16.5 Å². The molecule has 29 heavy (non-hydrogen) atoms. The number of allylic oxidation sites excluding steroid dienone is 3. The van der Waals surface area contributed by atoms with Crippen LogP contribution in [0, 0.1) is 6.92 Å². The molecule has 4 rings (SSSR count). The maximum Gasteiger partial charge on any atom is 0.134 e. The zero-order valence-corrected chi connectivity index (χ0v) is 16.3. The minimum atomic E-state index is -0.814. The Balaban J connectivity index is 1.68. The Hall–Kier alpha value is -3.37. The minimum absolute atomic E-state index is 0.224. The van der Waals surface area contributed by atoms with E-state index in [1.165, 1.54) is 0 Å². The van der Waals surface area contributed by atoms with Crippen molar-refractivity contribution in [2.75, 3.05) is 0 Å². The SMILES string of the molecule is C=CCC1=C/C(=N\Cc2ccc(O)cc2)C(O)C(c2ccc3oc(C)cc3c2)=C1. The van der Waals surface area contributed by atoms with E-state index >= 15 is 0 Å². The Kier molecular flexibility index (Phi) is 5.19. The van der Waals surface area contributed by atoms with Gasteiger partial charge in [-0.2, -0.15) is 0 Å². The second-order valence-electron chi connectivity index (χ2n) is 7.23. The van der Waals surface area contributed by atoms with Crippen LogP contribution < -0.4 is 0 Å². The molecule has 0 radical (unpaired) electrons. The highest BCUT2D eigenvalue weighted by molar-refractivity contribution is 6.09. The standard InChI is InChI=1S/C25H23NO3/c1-3-4-18-12-22(19-7-10-24-20(14-19)11-16(2)29-24)25(28)23(13-18)26-15-17-5-8-21(27)9-6-17/h3,5-14,25,27-28H,1,4,15H2,2H3/b26-23+. The number of hydrogen-bond acceptors (Lipinski definition) is 4. The molecular formula is C25H23NO3. The van der Waals surface area contributed by atoms with Gasteiger partial charge in [-0.05, 0) is 72.0 Å². The van der Waals surface area contributed by atoms with Crippen LogP contribution in [0.5, 0.6) is 5.75 Å². The number of aryl methyl sites for hydroxylation is 1. The smallest absolute Gasteiger partial charge is 0.134 e. The minimum Gasteiger partial charge on any atom is -0.508 e. The second kappa shape index (κ2) is 7.94. The molecule has 3 aromatic rings. The summed E-state index contributed by atoms with van der Waals surface area (Å²) < 4.78 is 5.67. The third kappa shape index (κ3) is 4.08. The van der Waals surface area contributed by atoms with Crippen molar-refractivity contribution in [3.63, 3.8) is 0 Å². The van der Waals surface area contributed by atoms with E-state index in [4.69, 9.17) is 4.42 Å². The number of rotatable bonds is 5. The topological polar surface area (TPSA) is 66.0 Å². The van der Waals surface area contributed by atoms with Gasteiger partial charge in [0.05, 0.1) is 12.3 Å². The summed E-state index contributed by atoms with van der Waals surface area (Å²) in [6.45, 7) is 6.19. The van der Waals surface area contributed by atoms with Gasteiger partial charge >= 0.3 is 0 Å². The number of nitrogens with zero attached hydrogens (tertiary/aromatic N) is 1. The van der Waals surface area contributed by atoms with Gasteiger partial charge in [-0.25, -0.2) is 0 Å². The summed E-state index contributed by atoms with van der Waals surface area (Å²) in [6, 6.07) is 14.9. The number of phenols is 1. The lowest BCUT2D eigenvalue weighted by Crippen LogP contribution is -2.24. The summed E-state index contributed by atoms with van der Waals surface area (Å²) in [6.07, 6.45) is 5.67. The third-order valence-corrected chi connectivity index (χ3v) is 4.98. The quantitative estimate of drug-likeness (QED) is 0.582. The maximum absolute atomic E-state index is 11.0. The van der Waals surface area contributed by atoms with Crippen LogP contribution in [-0.2, 0) is 6.54 Å². The second-order valence-corrected chi connectivity index (χ2v) is 7.23. The fourth-order valence-corrected chi connectivity index (χ4v) is 3.55. The van der Waals surface area contributed by atoms with Crippen molar-refractivity contribution in [3.8, 4) is 5.75 Å². The average molecular weight is 385 g/mol. The molecule has 4 nitrogen and oxygen atoms in total. The Morgan fingerprint density at radius 3 is 2.66 bits per heavy atom. The molecule has 0 fully saturated rings. The first-order valence-electron chi connectivity index (χ1n) is 9.57. The Morgan fingerprint density at radius 1 is 1.10 bits per heavy atom. The summed E-state index contributed by atoms with van der Waals surface area (Å²) in [5, 5.41) is 21.5. The number of benzene rings is 2. The van der Waals surface area contributed by atoms with Gasteiger partial charge in [0.2, 0.25) is 0 Å². The number of aliphatic hydroxyl groups is 1. The van der Waals surface area contributed by atoms with E-state index in [1.807, 2.05) is 61.5 Å². The fourth-order valence-electron chi connectivity index (χ4n) is 3.55. The van der Waals surface area contributed by atoms with Gasteiger partial charge in [-0.3, -0.25) is 4.99 Å². The van der Waals surface area contributed by atoms with E-state index in [2.05, 4.69) is 11.6 Å². The number of aliphatic imine (C=N–C) groups is 1.